The number of hydrogen-bond acceptors (Lipinski definition) is 2. The van der Waals surface area contributed by atoms with E-state index in [0.29, 0.717) is 11.8 Å². The molecule has 0 bridgehead atoms. The molecule has 84 valence electrons. The maximum Gasteiger partial charge on any atom is 0.226 e. The van der Waals surface area contributed by atoms with Gasteiger partial charge in [-0.1, -0.05) is 20.8 Å². The van der Waals surface area contributed by atoms with Gasteiger partial charge in [0.2, 0.25) is 5.91 Å². The Morgan fingerprint density at radius 2 is 2.14 bits per heavy atom. The normalized spacial score (nSPS) is 22.6. The summed E-state index contributed by atoms with van der Waals surface area (Å²) in [7, 11) is 0. The second-order valence-corrected chi connectivity index (χ2v) is 3.97. The molecule has 14 heavy (non-hydrogen) atoms. The number of nitrogens with zero attached hydrogens (tertiary/aromatic N) is 1. The second-order valence-electron chi connectivity index (χ2n) is 3.61. The van der Waals surface area contributed by atoms with Gasteiger partial charge in [-0.2, -0.15) is 12.6 Å². The van der Waals surface area contributed by atoms with E-state index in [0.717, 1.165) is 19.4 Å². The molecule has 1 rings (SSSR count). The van der Waals surface area contributed by atoms with Crippen LogP contribution in [0.5, 0.6) is 0 Å². The fraction of sp³-hybridized carbons (Fsp3) is 0.909. The van der Waals surface area contributed by atoms with Crippen LogP contribution < -0.4 is 0 Å². The quantitative estimate of drug-likeness (QED) is 0.705. The molecule has 0 aromatic heterocycles. The Balaban J connectivity index is 0.000000791. The van der Waals surface area contributed by atoms with Gasteiger partial charge in [0.25, 0.3) is 0 Å². The molecule has 0 radical (unpaired) electrons. The molecule has 1 aliphatic rings. The van der Waals surface area contributed by atoms with Gasteiger partial charge in [-0.3, -0.25) is 4.79 Å². The number of likely N-dealkylation sites (tertiary alicyclic amines) is 1. The van der Waals surface area contributed by atoms with Crippen LogP contribution in [-0.2, 0) is 4.79 Å². The number of amides is 1. The molecule has 0 spiro atoms. The topological polar surface area (TPSA) is 20.3 Å². The van der Waals surface area contributed by atoms with Gasteiger partial charge >= 0.3 is 0 Å². The molecular formula is C11H23NOS. The minimum atomic E-state index is 0.0777. The van der Waals surface area contributed by atoms with Crippen LogP contribution in [-0.4, -0.2) is 29.1 Å². The highest BCUT2D eigenvalue weighted by Crippen LogP contribution is 2.19. The van der Waals surface area contributed by atoms with Crippen molar-refractivity contribution in [3.63, 3.8) is 0 Å². The van der Waals surface area contributed by atoms with Crippen molar-refractivity contribution >= 4 is 18.5 Å². The average molecular weight is 217 g/mol. The van der Waals surface area contributed by atoms with Crippen molar-refractivity contribution in [2.24, 2.45) is 5.92 Å². The van der Waals surface area contributed by atoms with Crippen LogP contribution in [0.15, 0.2) is 0 Å². The second kappa shape index (κ2) is 7.16. The van der Waals surface area contributed by atoms with Gasteiger partial charge in [0, 0.05) is 24.3 Å². The molecule has 1 amide bonds. The zero-order valence-corrected chi connectivity index (χ0v) is 10.7. The van der Waals surface area contributed by atoms with Crippen molar-refractivity contribution in [2.45, 2.75) is 46.6 Å². The Morgan fingerprint density at radius 1 is 1.57 bits per heavy atom. The van der Waals surface area contributed by atoms with Gasteiger partial charge in [-0.05, 0) is 19.8 Å². The van der Waals surface area contributed by atoms with E-state index < -0.39 is 0 Å². The van der Waals surface area contributed by atoms with Crippen molar-refractivity contribution in [3.05, 3.63) is 0 Å². The zero-order chi connectivity index (χ0) is 11.1. The molecule has 1 saturated heterocycles. The van der Waals surface area contributed by atoms with Crippen LogP contribution in [0, 0.1) is 5.92 Å². The molecule has 0 aromatic carbocycles. The summed E-state index contributed by atoms with van der Waals surface area (Å²) >= 11 is 4.13. The van der Waals surface area contributed by atoms with Gasteiger partial charge in [0.15, 0.2) is 0 Å². The van der Waals surface area contributed by atoms with E-state index in [2.05, 4.69) is 19.6 Å². The Labute approximate surface area is 93.5 Å². The molecular weight excluding hydrogens is 194 g/mol. The summed E-state index contributed by atoms with van der Waals surface area (Å²) in [4.78, 5) is 13.7. The van der Waals surface area contributed by atoms with Gasteiger partial charge < -0.3 is 4.90 Å². The maximum atomic E-state index is 11.7. The summed E-state index contributed by atoms with van der Waals surface area (Å²) in [5, 5.41) is 0. The molecule has 1 heterocycles. The van der Waals surface area contributed by atoms with Crippen LogP contribution in [0.25, 0.3) is 0 Å². The summed E-state index contributed by atoms with van der Waals surface area (Å²) in [5.41, 5.74) is 0. The van der Waals surface area contributed by atoms with Crippen LogP contribution in [0.2, 0.25) is 0 Å². The van der Waals surface area contributed by atoms with Crippen molar-refractivity contribution in [2.75, 3.05) is 12.3 Å². The summed E-state index contributed by atoms with van der Waals surface area (Å²) in [6.45, 7) is 9.01. The lowest BCUT2D eigenvalue weighted by atomic mass is 10.1. The summed E-state index contributed by atoms with van der Waals surface area (Å²) in [5.74, 6) is 1.01. The molecule has 0 N–H and O–H groups in total. The fourth-order valence-corrected chi connectivity index (χ4v) is 1.78. The van der Waals surface area contributed by atoms with Crippen LogP contribution in [0.3, 0.4) is 0 Å². The number of hydrogen-bond donors (Lipinski definition) is 1. The van der Waals surface area contributed by atoms with Gasteiger partial charge in [-0.25, -0.2) is 0 Å². The molecule has 3 heteroatoms. The third-order valence-electron chi connectivity index (χ3n) is 2.53. The largest absolute Gasteiger partial charge is 0.340 e. The van der Waals surface area contributed by atoms with Crippen molar-refractivity contribution in [1.82, 2.24) is 4.90 Å². The van der Waals surface area contributed by atoms with Gasteiger partial charge in [0.05, 0.1) is 0 Å². The van der Waals surface area contributed by atoms with Crippen molar-refractivity contribution < 1.29 is 4.79 Å². The van der Waals surface area contributed by atoms with Crippen LogP contribution in [0.4, 0.5) is 0 Å². The Hall–Kier alpha value is -0.180. The lowest BCUT2D eigenvalue weighted by Gasteiger charge is -2.24. The van der Waals surface area contributed by atoms with Crippen LogP contribution in [0.1, 0.15) is 40.5 Å². The number of carbonyl (C=O) groups is 1. The minimum absolute atomic E-state index is 0.0777. The summed E-state index contributed by atoms with van der Waals surface area (Å²) < 4.78 is 0. The maximum absolute atomic E-state index is 11.7. The fourth-order valence-electron chi connectivity index (χ4n) is 1.62. The molecule has 0 saturated carbocycles. The lowest BCUT2D eigenvalue weighted by Crippen LogP contribution is -2.37. The molecule has 1 aliphatic heterocycles. The molecule has 2 unspecified atom stereocenters. The first-order valence-corrected chi connectivity index (χ1v) is 6.21. The van der Waals surface area contributed by atoms with Crippen molar-refractivity contribution in [3.8, 4) is 0 Å². The Bertz CT molecular complexity index is 173. The first kappa shape index (κ1) is 13.8. The molecule has 0 aliphatic carbocycles. The highest BCUT2D eigenvalue weighted by molar-refractivity contribution is 7.80. The molecule has 2 atom stereocenters. The molecule has 0 aromatic rings. The molecule has 1 fully saturated rings. The third kappa shape index (κ3) is 3.52. The predicted octanol–water partition coefficient (Wildman–Crippen LogP) is 2.59. The van der Waals surface area contributed by atoms with Crippen LogP contribution >= 0.6 is 12.6 Å². The van der Waals surface area contributed by atoms with E-state index >= 15 is 0 Å². The van der Waals surface area contributed by atoms with E-state index in [1.807, 2.05) is 25.7 Å². The van der Waals surface area contributed by atoms with E-state index in [1.165, 1.54) is 0 Å². The zero-order valence-electron chi connectivity index (χ0n) is 9.79. The monoisotopic (exact) mass is 217 g/mol. The smallest absolute Gasteiger partial charge is 0.226 e. The Morgan fingerprint density at radius 3 is 2.50 bits per heavy atom. The predicted molar refractivity (Wildman–Crippen MR) is 64.8 cm³/mol. The summed E-state index contributed by atoms with van der Waals surface area (Å²) in [6, 6.07) is 0.444. The molecule has 2 nitrogen and oxygen atoms in total. The SMILES string of the molecule is CC.CC(CS)C(=O)N1CCCC1C. The standard InChI is InChI=1S/C9H17NOS.C2H6/c1-7(6-12)9(11)10-5-3-4-8(10)2;1-2/h7-8,12H,3-6H2,1-2H3;1-2H3. The number of rotatable bonds is 2. The average Bonchev–Trinajstić information content (AvgIpc) is 2.65. The van der Waals surface area contributed by atoms with E-state index in [9.17, 15) is 4.79 Å². The van der Waals surface area contributed by atoms with E-state index in [1.54, 1.807) is 0 Å². The third-order valence-corrected chi connectivity index (χ3v) is 3.08. The first-order chi connectivity index (χ1) is 6.66. The first-order valence-electron chi connectivity index (χ1n) is 5.58. The number of thiol groups is 1. The van der Waals surface area contributed by atoms with Gasteiger partial charge in [0.1, 0.15) is 0 Å². The lowest BCUT2D eigenvalue weighted by molar-refractivity contribution is -0.134. The summed E-state index contributed by atoms with van der Waals surface area (Å²) in [6.07, 6.45) is 2.32. The van der Waals surface area contributed by atoms with E-state index in [4.69, 9.17) is 0 Å². The minimum Gasteiger partial charge on any atom is -0.340 e. The van der Waals surface area contributed by atoms with Crippen molar-refractivity contribution in [1.29, 1.82) is 0 Å². The highest BCUT2D eigenvalue weighted by Gasteiger charge is 2.27. The van der Waals surface area contributed by atoms with E-state index in [-0.39, 0.29) is 11.8 Å². The Kier molecular flexibility index (Phi) is 7.06. The van der Waals surface area contributed by atoms with Gasteiger partial charge in [-0.15, -0.1) is 0 Å². The number of carbonyl (C=O) groups excluding carboxylic acids is 1. The highest BCUT2D eigenvalue weighted by atomic mass is 32.1.